The second-order valence-electron chi connectivity index (χ2n) is 4.38. The van der Waals surface area contributed by atoms with Crippen LogP contribution in [0.5, 0.6) is 0 Å². The molecule has 0 saturated carbocycles. The Hall–Kier alpha value is -0.490. The summed E-state index contributed by atoms with van der Waals surface area (Å²) in [4.78, 5) is 2.32. The number of piperidine rings is 1. The third-order valence-electron chi connectivity index (χ3n) is 3.46. The number of hydrogen-bond donors (Lipinski definition) is 3. The molecular weight excluding hydrogens is 214 g/mol. The first-order valence-electron chi connectivity index (χ1n) is 5.34. The minimum absolute atomic E-state index is 0.0395. The van der Waals surface area contributed by atoms with Crippen molar-refractivity contribution in [2.75, 3.05) is 20.1 Å². The van der Waals surface area contributed by atoms with Crippen LogP contribution < -0.4 is 16.3 Å². The molecule has 6 heteroatoms. The van der Waals surface area contributed by atoms with Crippen molar-refractivity contribution in [1.82, 2.24) is 26.2 Å². The molecule has 3 rings (SSSR count). The van der Waals surface area contributed by atoms with Gasteiger partial charge in [-0.2, -0.15) is 0 Å². The van der Waals surface area contributed by atoms with Crippen LogP contribution in [0.1, 0.15) is 6.42 Å². The summed E-state index contributed by atoms with van der Waals surface area (Å²) in [6.45, 7) is 1.92. The summed E-state index contributed by atoms with van der Waals surface area (Å²) in [6, 6.07) is 0.818. The van der Waals surface area contributed by atoms with E-state index in [-0.39, 0.29) is 5.50 Å². The van der Waals surface area contributed by atoms with E-state index in [2.05, 4.69) is 33.2 Å². The molecule has 0 aromatic rings. The Bertz CT molecular complexity index is 294. The van der Waals surface area contributed by atoms with Crippen molar-refractivity contribution in [1.29, 1.82) is 0 Å². The van der Waals surface area contributed by atoms with Crippen molar-refractivity contribution in [3.8, 4) is 0 Å². The SMILES string of the molecule is CN1CC2=CNNN2C2CCNC(Cl)C21. The molecule has 3 N–H and O–H groups in total. The van der Waals surface area contributed by atoms with Crippen LogP contribution in [0.3, 0.4) is 0 Å². The highest BCUT2D eigenvalue weighted by atomic mass is 35.5. The van der Waals surface area contributed by atoms with Gasteiger partial charge in [0.2, 0.25) is 0 Å². The highest BCUT2D eigenvalue weighted by Crippen LogP contribution is 2.30. The Balaban J connectivity index is 1.88. The lowest BCUT2D eigenvalue weighted by Crippen LogP contribution is -2.67. The summed E-state index contributed by atoms with van der Waals surface area (Å²) in [7, 11) is 2.14. The van der Waals surface area contributed by atoms with E-state index in [9.17, 15) is 0 Å². The van der Waals surface area contributed by atoms with Crippen LogP contribution in [0, 0.1) is 0 Å². The number of alkyl halides is 1. The zero-order chi connectivity index (χ0) is 10.4. The number of rotatable bonds is 0. The Morgan fingerprint density at radius 2 is 2.40 bits per heavy atom. The highest BCUT2D eigenvalue weighted by Gasteiger charge is 2.44. The van der Waals surface area contributed by atoms with Gasteiger partial charge in [0.15, 0.2) is 0 Å². The van der Waals surface area contributed by atoms with Crippen LogP contribution >= 0.6 is 11.6 Å². The second-order valence-corrected chi connectivity index (χ2v) is 4.85. The first-order chi connectivity index (χ1) is 7.27. The maximum absolute atomic E-state index is 6.33. The van der Waals surface area contributed by atoms with Gasteiger partial charge in [0.05, 0.1) is 17.8 Å². The number of piperazine rings is 1. The normalized spacial score (nSPS) is 40.5. The average molecular weight is 230 g/mol. The lowest BCUT2D eigenvalue weighted by atomic mass is 9.95. The van der Waals surface area contributed by atoms with Crippen LogP contribution in [0.4, 0.5) is 0 Å². The average Bonchev–Trinajstić information content (AvgIpc) is 2.65. The Labute approximate surface area is 94.4 Å². The summed E-state index contributed by atoms with van der Waals surface area (Å²) in [5, 5.41) is 5.54. The van der Waals surface area contributed by atoms with Crippen molar-refractivity contribution in [2.24, 2.45) is 0 Å². The van der Waals surface area contributed by atoms with E-state index >= 15 is 0 Å². The van der Waals surface area contributed by atoms with E-state index in [4.69, 9.17) is 11.6 Å². The zero-order valence-corrected chi connectivity index (χ0v) is 9.46. The number of hydrogen-bond acceptors (Lipinski definition) is 5. The molecular formula is C9H16ClN5. The van der Waals surface area contributed by atoms with Gasteiger partial charge in [0, 0.05) is 12.7 Å². The maximum atomic E-state index is 6.33. The van der Waals surface area contributed by atoms with Crippen LogP contribution in [0.25, 0.3) is 0 Å². The van der Waals surface area contributed by atoms with E-state index in [1.165, 1.54) is 5.70 Å². The van der Waals surface area contributed by atoms with Crippen LogP contribution in [0.2, 0.25) is 0 Å². The Kier molecular flexibility index (Phi) is 2.28. The second kappa shape index (κ2) is 3.52. The van der Waals surface area contributed by atoms with E-state index < -0.39 is 0 Å². The van der Waals surface area contributed by atoms with Crippen molar-refractivity contribution in [2.45, 2.75) is 24.0 Å². The molecule has 2 saturated heterocycles. The summed E-state index contributed by atoms with van der Waals surface area (Å²) >= 11 is 6.33. The van der Waals surface area contributed by atoms with Gasteiger partial charge in [-0.15, -0.1) is 17.1 Å². The number of hydrazine groups is 2. The number of halogens is 1. The van der Waals surface area contributed by atoms with Gasteiger partial charge in [0.25, 0.3) is 0 Å². The van der Waals surface area contributed by atoms with Crippen molar-refractivity contribution in [3.05, 3.63) is 11.9 Å². The minimum atomic E-state index is 0.0395. The predicted octanol–water partition coefficient (Wildman–Crippen LogP) is -0.607. The lowest BCUT2D eigenvalue weighted by Gasteiger charge is -2.50. The minimum Gasteiger partial charge on any atom is -0.309 e. The maximum Gasteiger partial charge on any atom is 0.100 e. The standard InChI is InChI=1S/C9H16ClN5/c1-14-5-6-4-12-13-15(6)7-2-3-11-9(10)8(7)14/h4,7-9,11-13H,2-3,5H2,1H3. The fourth-order valence-corrected chi connectivity index (χ4v) is 3.23. The molecule has 5 nitrogen and oxygen atoms in total. The molecule has 3 atom stereocenters. The number of nitrogens with zero attached hydrogens (tertiary/aromatic N) is 2. The summed E-state index contributed by atoms with van der Waals surface area (Å²) < 4.78 is 0. The lowest BCUT2D eigenvalue weighted by molar-refractivity contribution is 0.0171. The van der Waals surface area contributed by atoms with E-state index in [0.717, 1.165) is 19.5 Å². The van der Waals surface area contributed by atoms with Crippen molar-refractivity contribution >= 4 is 11.6 Å². The molecule has 84 valence electrons. The monoisotopic (exact) mass is 229 g/mol. The van der Waals surface area contributed by atoms with Crippen LogP contribution in [0.15, 0.2) is 11.9 Å². The molecule has 3 aliphatic heterocycles. The van der Waals surface area contributed by atoms with Gasteiger partial charge in [-0.05, 0) is 20.0 Å². The van der Waals surface area contributed by atoms with Crippen molar-refractivity contribution < 1.29 is 0 Å². The van der Waals surface area contributed by atoms with E-state index in [0.29, 0.717) is 12.1 Å². The quantitative estimate of drug-likeness (QED) is 0.382. The first kappa shape index (κ1) is 9.72. The summed E-state index contributed by atoms with van der Waals surface area (Å²) in [6.07, 6.45) is 3.14. The third kappa shape index (κ3) is 1.42. The van der Waals surface area contributed by atoms with Gasteiger partial charge in [-0.25, -0.2) is 0 Å². The van der Waals surface area contributed by atoms with Crippen LogP contribution in [-0.4, -0.2) is 47.6 Å². The molecule has 3 aliphatic rings. The van der Waals surface area contributed by atoms with E-state index in [1.807, 2.05) is 6.20 Å². The topological polar surface area (TPSA) is 42.6 Å². The molecule has 0 bridgehead atoms. The highest BCUT2D eigenvalue weighted by molar-refractivity contribution is 6.21. The molecule has 3 unspecified atom stereocenters. The fraction of sp³-hybridized carbons (Fsp3) is 0.778. The van der Waals surface area contributed by atoms with Gasteiger partial charge in [0.1, 0.15) is 5.50 Å². The predicted molar refractivity (Wildman–Crippen MR) is 58.7 cm³/mol. The molecule has 0 amide bonds. The fourth-order valence-electron chi connectivity index (χ4n) is 2.76. The Morgan fingerprint density at radius 1 is 1.53 bits per heavy atom. The summed E-state index contributed by atoms with van der Waals surface area (Å²) in [5.74, 6) is 0. The van der Waals surface area contributed by atoms with Gasteiger partial charge in [-0.1, -0.05) is 0 Å². The summed E-state index contributed by atoms with van der Waals surface area (Å²) in [5.41, 5.74) is 7.57. The van der Waals surface area contributed by atoms with Gasteiger partial charge < -0.3 is 5.43 Å². The number of nitrogens with one attached hydrogen (secondary N) is 3. The largest absolute Gasteiger partial charge is 0.309 e. The zero-order valence-electron chi connectivity index (χ0n) is 8.70. The number of likely N-dealkylation sites (N-methyl/N-ethyl adjacent to an activating group) is 1. The van der Waals surface area contributed by atoms with Crippen LogP contribution in [-0.2, 0) is 0 Å². The smallest absolute Gasteiger partial charge is 0.100 e. The molecule has 0 radical (unpaired) electrons. The van der Waals surface area contributed by atoms with Crippen molar-refractivity contribution in [3.63, 3.8) is 0 Å². The molecule has 0 aliphatic carbocycles. The molecule has 2 fully saturated rings. The third-order valence-corrected chi connectivity index (χ3v) is 3.87. The molecule has 0 spiro atoms. The number of fused-ring (bicyclic) bond motifs is 3. The molecule has 0 aromatic carbocycles. The van der Waals surface area contributed by atoms with E-state index in [1.54, 1.807) is 0 Å². The molecule has 3 heterocycles. The van der Waals surface area contributed by atoms with Gasteiger partial charge >= 0.3 is 0 Å². The molecule has 0 aromatic heterocycles. The Morgan fingerprint density at radius 3 is 3.27 bits per heavy atom. The first-order valence-corrected chi connectivity index (χ1v) is 5.78. The van der Waals surface area contributed by atoms with Gasteiger partial charge in [-0.3, -0.25) is 15.2 Å². The molecule has 15 heavy (non-hydrogen) atoms.